The molecule has 0 spiro atoms. The number of aliphatic hydroxyl groups excluding tert-OH is 1. The summed E-state index contributed by atoms with van der Waals surface area (Å²) in [5.41, 5.74) is 13.1. The normalized spacial score (nSPS) is 27.0. The molecule has 0 aliphatic heterocycles. The Labute approximate surface area is 168 Å². The zero-order valence-corrected chi connectivity index (χ0v) is 17.0. The molecule has 0 radical (unpaired) electrons. The molecule has 0 saturated heterocycles. The van der Waals surface area contributed by atoms with E-state index in [4.69, 9.17) is 10.5 Å². The van der Waals surface area contributed by atoms with Gasteiger partial charge in [0.05, 0.1) is 13.2 Å². The molecule has 0 amide bonds. The molecular weight excluding hydrogens is 346 g/mol. The Kier molecular flexibility index (Phi) is 5.86. The van der Waals surface area contributed by atoms with E-state index in [2.05, 4.69) is 42.5 Å². The summed E-state index contributed by atoms with van der Waals surface area (Å²) >= 11 is 0. The number of ether oxygens (including phenoxy) is 1. The van der Waals surface area contributed by atoms with E-state index in [9.17, 15) is 5.11 Å². The van der Waals surface area contributed by atoms with Crippen LogP contribution < -0.4 is 5.73 Å². The fourth-order valence-electron chi connectivity index (χ4n) is 5.21. The van der Waals surface area contributed by atoms with Crippen LogP contribution in [0.1, 0.15) is 59.4 Å². The quantitative estimate of drug-likeness (QED) is 0.793. The lowest BCUT2D eigenvalue weighted by molar-refractivity contribution is 0.185. The van der Waals surface area contributed by atoms with Crippen LogP contribution in [0.25, 0.3) is 0 Å². The number of hydrogen-bond acceptors (Lipinski definition) is 3. The van der Waals surface area contributed by atoms with Crippen LogP contribution in [-0.2, 0) is 30.6 Å². The third kappa shape index (κ3) is 4.32. The first-order valence-corrected chi connectivity index (χ1v) is 10.7. The van der Waals surface area contributed by atoms with Gasteiger partial charge in [-0.15, -0.1) is 0 Å². The molecule has 3 atom stereocenters. The van der Waals surface area contributed by atoms with Crippen molar-refractivity contribution in [2.45, 2.75) is 63.0 Å². The van der Waals surface area contributed by atoms with Gasteiger partial charge in [0.1, 0.15) is 0 Å². The second-order valence-electron chi connectivity index (χ2n) is 9.05. The van der Waals surface area contributed by atoms with Crippen molar-refractivity contribution in [3.63, 3.8) is 0 Å². The van der Waals surface area contributed by atoms with Crippen molar-refractivity contribution >= 4 is 0 Å². The molecule has 1 fully saturated rings. The van der Waals surface area contributed by atoms with E-state index in [1.54, 1.807) is 7.11 Å². The van der Waals surface area contributed by atoms with Crippen molar-refractivity contribution in [3.8, 4) is 0 Å². The summed E-state index contributed by atoms with van der Waals surface area (Å²) in [5.74, 6) is 1.22. The molecule has 150 valence electrons. The van der Waals surface area contributed by atoms with Crippen LogP contribution in [0.2, 0.25) is 0 Å². The Morgan fingerprint density at radius 1 is 1.11 bits per heavy atom. The van der Waals surface area contributed by atoms with E-state index in [0.29, 0.717) is 18.4 Å². The van der Waals surface area contributed by atoms with E-state index < -0.39 is 0 Å². The van der Waals surface area contributed by atoms with Gasteiger partial charge in [0.2, 0.25) is 0 Å². The zero-order chi connectivity index (χ0) is 19.6. The molecule has 3 nitrogen and oxygen atoms in total. The molecule has 2 aliphatic rings. The third-order valence-corrected chi connectivity index (χ3v) is 6.82. The molecule has 2 aliphatic carbocycles. The largest absolute Gasteiger partial charge is 0.394 e. The van der Waals surface area contributed by atoms with Crippen LogP contribution in [0.5, 0.6) is 0 Å². The topological polar surface area (TPSA) is 55.5 Å². The number of methoxy groups -OCH3 is 1. The lowest BCUT2D eigenvalue weighted by atomic mass is 9.79. The highest BCUT2D eigenvalue weighted by atomic mass is 16.5. The molecule has 1 saturated carbocycles. The number of hydrogen-bond donors (Lipinski definition) is 2. The number of aryl methyl sites for hydroxylation is 1. The van der Waals surface area contributed by atoms with Gasteiger partial charge >= 0.3 is 0 Å². The Hall–Kier alpha value is -1.68. The third-order valence-electron chi connectivity index (χ3n) is 6.82. The summed E-state index contributed by atoms with van der Waals surface area (Å²) in [6, 6.07) is 15.9. The van der Waals surface area contributed by atoms with Crippen molar-refractivity contribution in [1.29, 1.82) is 0 Å². The predicted octanol–water partition coefficient (Wildman–Crippen LogP) is 4.14. The van der Waals surface area contributed by atoms with Gasteiger partial charge < -0.3 is 15.6 Å². The fourth-order valence-corrected chi connectivity index (χ4v) is 5.21. The number of rotatable bonds is 6. The molecule has 3 heteroatoms. The van der Waals surface area contributed by atoms with Crippen LogP contribution in [0, 0.1) is 5.92 Å². The monoisotopic (exact) mass is 379 g/mol. The van der Waals surface area contributed by atoms with Crippen LogP contribution in [-0.4, -0.2) is 24.4 Å². The number of aliphatic hydroxyl groups is 1. The molecule has 28 heavy (non-hydrogen) atoms. The molecule has 0 unspecified atom stereocenters. The summed E-state index contributed by atoms with van der Waals surface area (Å²) in [6.45, 7) is 0.785. The van der Waals surface area contributed by atoms with Gasteiger partial charge in [0.15, 0.2) is 0 Å². The van der Waals surface area contributed by atoms with Crippen molar-refractivity contribution in [3.05, 3.63) is 70.3 Å². The van der Waals surface area contributed by atoms with Crippen LogP contribution in [0.4, 0.5) is 0 Å². The Morgan fingerprint density at radius 2 is 1.96 bits per heavy atom. The van der Waals surface area contributed by atoms with E-state index in [0.717, 1.165) is 25.7 Å². The Morgan fingerprint density at radius 3 is 2.75 bits per heavy atom. The molecule has 0 aromatic heterocycles. The lowest BCUT2D eigenvalue weighted by Crippen LogP contribution is -2.40. The van der Waals surface area contributed by atoms with Crippen molar-refractivity contribution in [1.82, 2.24) is 0 Å². The SMILES string of the molecule is COCc1cccc(C[C@@H]2CCc3cc([C@H]4CC[C@](N)(CO)C4)ccc3C2)c1. The Balaban J connectivity index is 1.42. The van der Waals surface area contributed by atoms with Crippen LogP contribution in [0.15, 0.2) is 42.5 Å². The maximum Gasteiger partial charge on any atom is 0.0713 e. The second kappa shape index (κ2) is 8.36. The summed E-state index contributed by atoms with van der Waals surface area (Å²) < 4.78 is 5.27. The maximum absolute atomic E-state index is 9.55. The summed E-state index contributed by atoms with van der Waals surface area (Å²) in [4.78, 5) is 0. The molecule has 4 rings (SSSR count). The summed E-state index contributed by atoms with van der Waals surface area (Å²) in [5, 5.41) is 9.55. The van der Waals surface area contributed by atoms with Crippen LogP contribution in [0.3, 0.4) is 0 Å². The number of nitrogens with two attached hydrogens (primary N) is 1. The van der Waals surface area contributed by atoms with E-state index in [-0.39, 0.29) is 12.1 Å². The molecule has 2 aromatic rings. The Bertz CT molecular complexity index is 818. The standard InChI is InChI=1S/C25H33NO2/c1-28-16-20-4-2-3-18(12-20)11-19-5-6-22-14-23(8-7-21(22)13-19)24-9-10-25(26,15-24)17-27/h2-4,7-8,12,14,19,24,27H,5-6,9-11,13,15-17,26H2,1H3/t19-,24-,25+/m0/s1. The van der Waals surface area contributed by atoms with E-state index >= 15 is 0 Å². The minimum atomic E-state index is -0.372. The first-order valence-electron chi connectivity index (χ1n) is 10.7. The molecule has 0 heterocycles. The highest BCUT2D eigenvalue weighted by Crippen LogP contribution is 2.40. The minimum absolute atomic E-state index is 0.0989. The van der Waals surface area contributed by atoms with E-state index in [1.165, 1.54) is 47.1 Å². The predicted molar refractivity (Wildman–Crippen MR) is 113 cm³/mol. The molecular formula is C25H33NO2. The number of fused-ring (bicyclic) bond motifs is 1. The fraction of sp³-hybridized carbons (Fsp3) is 0.520. The highest BCUT2D eigenvalue weighted by molar-refractivity contribution is 5.37. The van der Waals surface area contributed by atoms with Gasteiger partial charge in [-0.3, -0.25) is 0 Å². The van der Waals surface area contributed by atoms with Crippen molar-refractivity contribution < 1.29 is 9.84 Å². The lowest BCUT2D eigenvalue weighted by Gasteiger charge is -2.26. The first kappa shape index (κ1) is 19.6. The van der Waals surface area contributed by atoms with E-state index in [1.807, 2.05) is 0 Å². The molecule has 3 N–H and O–H groups in total. The minimum Gasteiger partial charge on any atom is -0.394 e. The second-order valence-corrected chi connectivity index (χ2v) is 9.05. The maximum atomic E-state index is 9.55. The van der Waals surface area contributed by atoms with Gasteiger partial charge in [-0.1, -0.05) is 42.5 Å². The van der Waals surface area contributed by atoms with Gasteiger partial charge in [-0.05, 0) is 84.6 Å². The molecule has 2 aromatic carbocycles. The average molecular weight is 380 g/mol. The smallest absolute Gasteiger partial charge is 0.0713 e. The van der Waals surface area contributed by atoms with Gasteiger partial charge in [-0.25, -0.2) is 0 Å². The van der Waals surface area contributed by atoms with Crippen molar-refractivity contribution in [2.24, 2.45) is 11.7 Å². The zero-order valence-electron chi connectivity index (χ0n) is 17.0. The van der Waals surface area contributed by atoms with Crippen LogP contribution >= 0.6 is 0 Å². The number of benzene rings is 2. The van der Waals surface area contributed by atoms with Gasteiger partial charge in [0.25, 0.3) is 0 Å². The van der Waals surface area contributed by atoms with Gasteiger partial charge in [-0.2, -0.15) is 0 Å². The summed E-state index contributed by atoms with van der Waals surface area (Å²) in [6.07, 6.45) is 7.67. The van der Waals surface area contributed by atoms with Gasteiger partial charge in [0, 0.05) is 12.6 Å². The highest BCUT2D eigenvalue weighted by Gasteiger charge is 2.36. The average Bonchev–Trinajstić information content (AvgIpc) is 3.11. The van der Waals surface area contributed by atoms with Crippen molar-refractivity contribution in [2.75, 3.05) is 13.7 Å². The molecule has 0 bridgehead atoms. The summed E-state index contributed by atoms with van der Waals surface area (Å²) in [7, 11) is 1.75. The first-order chi connectivity index (χ1) is 13.6.